The summed E-state index contributed by atoms with van der Waals surface area (Å²) >= 11 is 0. The molecule has 0 heterocycles. The van der Waals surface area contributed by atoms with Gasteiger partial charge in [0.1, 0.15) is 0 Å². The first kappa shape index (κ1) is 17.3. The number of hydrogen-bond donors (Lipinski definition) is 1. The minimum absolute atomic E-state index is 0.0593. The molecule has 0 spiro atoms. The van der Waals surface area contributed by atoms with Crippen molar-refractivity contribution in [3.05, 3.63) is 53.6 Å². The summed E-state index contributed by atoms with van der Waals surface area (Å²) in [6.07, 6.45) is 1.69. The summed E-state index contributed by atoms with van der Waals surface area (Å²) in [6, 6.07) is 11.6. The SMILES string of the molecule is COc1cc(/C=N\Nc2ccc(C(=O)[O-])cc2)ccc1OC(C)C. The van der Waals surface area contributed by atoms with Crippen LogP contribution in [0.15, 0.2) is 47.6 Å². The first-order valence-electron chi connectivity index (χ1n) is 7.45. The molecule has 0 atom stereocenters. The van der Waals surface area contributed by atoms with Crippen molar-refractivity contribution >= 4 is 17.9 Å². The van der Waals surface area contributed by atoms with Gasteiger partial charge in [0.05, 0.1) is 31.1 Å². The van der Waals surface area contributed by atoms with Crippen LogP contribution in [0.25, 0.3) is 0 Å². The molecule has 0 aromatic heterocycles. The third-order valence-corrected chi connectivity index (χ3v) is 3.08. The van der Waals surface area contributed by atoms with Crippen LogP contribution in [0.1, 0.15) is 29.8 Å². The van der Waals surface area contributed by atoms with E-state index in [1.807, 2.05) is 32.0 Å². The molecular formula is C18H19N2O4-. The molecule has 2 aromatic rings. The Kier molecular flexibility index (Phi) is 5.78. The summed E-state index contributed by atoms with van der Waals surface area (Å²) in [7, 11) is 1.58. The Labute approximate surface area is 140 Å². The lowest BCUT2D eigenvalue weighted by molar-refractivity contribution is -0.255. The second kappa shape index (κ2) is 8.01. The molecule has 0 saturated heterocycles. The molecule has 2 aromatic carbocycles. The quantitative estimate of drug-likeness (QED) is 0.623. The lowest BCUT2D eigenvalue weighted by atomic mass is 10.2. The Morgan fingerprint density at radius 3 is 2.46 bits per heavy atom. The van der Waals surface area contributed by atoms with Crippen LogP contribution in [-0.2, 0) is 0 Å². The Bertz CT molecular complexity index is 724. The van der Waals surface area contributed by atoms with E-state index in [0.29, 0.717) is 17.2 Å². The van der Waals surface area contributed by atoms with Gasteiger partial charge in [0.25, 0.3) is 0 Å². The zero-order valence-corrected chi connectivity index (χ0v) is 13.8. The number of carbonyl (C=O) groups excluding carboxylic acids is 1. The van der Waals surface area contributed by atoms with Crippen molar-refractivity contribution in [1.29, 1.82) is 0 Å². The lowest BCUT2D eigenvalue weighted by Gasteiger charge is -2.13. The summed E-state index contributed by atoms with van der Waals surface area (Å²) in [6.45, 7) is 3.90. The van der Waals surface area contributed by atoms with Gasteiger partial charge < -0.3 is 19.4 Å². The van der Waals surface area contributed by atoms with Gasteiger partial charge in [-0.3, -0.25) is 5.43 Å². The topological polar surface area (TPSA) is 83.0 Å². The molecule has 0 saturated carbocycles. The predicted molar refractivity (Wildman–Crippen MR) is 90.7 cm³/mol. The molecule has 0 unspecified atom stereocenters. The third kappa shape index (κ3) is 4.74. The number of carbonyl (C=O) groups is 1. The number of benzene rings is 2. The van der Waals surface area contributed by atoms with Crippen molar-refractivity contribution in [3.8, 4) is 11.5 Å². The highest BCUT2D eigenvalue weighted by molar-refractivity contribution is 5.86. The lowest BCUT2D eigenvalue weighted by Crippen LogP contribution is -2.21. The highest BCUT2D eigenvalue weighted by Crippen LogP contribution is 2.28. The Balaban J connectivity index is 2.04. The van der Waals surface area contributed by atoms with Crippen LogP contribution in [0, 0.1) is 0 Å². The largest absolute Gasteiger partial charge is 0.545 e. The number of nitrogens with one attached hydrogen (secondary N) is 1. The minimum atomic E-state index is -1.21. The van der Waals surface area contributed by atoms with Crippen LogP contribution in [-0.4, -0.2) is 25.4 Å². The van der Waals surface area contributed by atoms with Crippen LogP contribution in [0.4, 0.5) is 5.69 Å². The normalized spacial score (nSPS) is 10.8. The van der Waals surface area contributed by atoms with Gasteiger partial charge >= 0.3 is 0 Å². The maximum Gasteiger partial charge on any atom is 0.161 e. The van der Waals surface area contributed by atoms with Gasteiger partial charge in [0.15, 0.2) is 11.5 Å². The molecule has 126 valence electrons. The van der Waals surface area contributed by atoms with Gasteiger partial charge in [0, 0.05) is 0 Å². The molecule has 0 aliphatic heterocycles. The molecule has 0 radical (unpaired) electrons. The number of methoxy groups -OCH3 is 1. The Morgan fingerprint density at radius 1 is 1.17 bits per heavy atom. The zero-order valence-electron chi connectivity index (χ0n) is 13.8. The van der Waals surface area contributed by atoms with Gasteiger partial charge in [-0.05, 0) is 55.3 Å². The molecule has 0 bridgehead atoms. The average molecular weight is 327 g/mol. The van der Waals surface area contributed by atoms with Crippen molar-refractivity contribution in [1.82, 2.24) is 0 Å². The maximum absolute atomic E-state index is 10.7. The Morgan fingerprint density at radius 2 is 1.88 bits per heavy atom. The van der Waals surface area contributed by atoms with Gasteiger partial charge in [-0.1, -0.05) is 12.1 Å². The minimum Gasteiger partial charge on any atom is -0.545 e. The number of carboxylic acid groups (broad SMARTS) is 1. The number of hydrogen-bond acceptors (Lipinski definition) is 6. The Hall–Kier alpha value is -3.02. The average Bonchev–Trinajstić information content (AvgIpc) is 2.56. The van der Waals surface area contributed by atoms with E-state index in [0.717, 1.165) is 5.56 Å². The molecule has 0 fully saturated rings. The molecule has 0 aliphatic rings. The summed E-state index contributed by atoms with van der Waals surface area (Å²) in [5, 5.41) is 14.8. The number of nitrogens with zero attached hydrogens (tertiary/aromatic N) is 1. The second-order valence-electron chi connectivity index (χ2n) is 5.31. The van der Waals surface area contributed by atoms with Gasteiger partial charge in [-0.2, -0.15) is 5.10 Å². The summed E-state index contributed by atoms with van der Waals surface area (Å²) in [5.41, 5.74) is 4.45. The van der Waals surface area contributed by atoms with Crippen LogP contribution in [0.3, 0.4) is 0 Å². The van der Waals surface area contributed by atoms with Gasteiger partial charge in [-0.25, -0.2) is 0 Å². The van der Waals surface area contributed by atoms with Crippen LogP contribution >= 0.6 is 0 Å². The van der Waals surface area contributed by atoms with E-state index in [2.05, 4.69) is 10.5 Å². The van der Waals surface area contributed by atoms with Crippen LogP contribution in [0.5, 0.6) is 11.5 Å². The molecule has 0 amide bonds. The molecule has 6 nitrogen and oxygen atoms in total. The smallest absolute Gasteiger partial charge is 0.161 e. The molecular weight excluding hydrogens is 308 g/mol. The first-order chi connectivity index (χ1) is 11.5. The molecule has 2 rings (SSSR count). The molecule has 24 heavy (non-hydrogen) atoms. The van der Waals surface area contributed by atoms with Crippen molar-refractivity contribution in [2.75, 3.05) is 12.5 Å². The fourth-order valence-electron chi connectivity index (χ4n) is 1.98. The fourth-order valence-corrected chi connectivity index (χ4v) is 1.98. The predicted octanol–water partition coefficient (Wildman–Crippen LogP) is 2.29. The number of ether oxygens (including phenoxy) is 2. The number of anilines is 1. The van der Waals surface area contributed by atoms with Crippen LogP contribution in [0.2, 0.25) is 0 Å². The fraction of sp³-hybridized carbons (Fsp3) is 0.222. The second-order valence-corrected chi connectivity index (χ2v) is 5.31. The van der Waals surface area contributed by atoms with Crippen molar-refractivity contribution in [2.24, 2.45) is 5.10 Å². The third-order valence-electron chi connectivity index (χ3n) is 3.08. The summed E-state index contributed by atoms with van der Waals surface area (Å²) < 4.78 is 11.0. The van der Waals surface area contributed by atoms with Crippen molar-refractivity contribution in [2.45, 2.75) is 20.0 Å². The zero-order chi connectivity index (χ0) is 17.5. The highest BCUT2D eigenvalue weighted by Gasteiger charge is 2.06. The van der Waals surface area contributed by atoms with Crippen LogP contribution < -0.4 is 20.0 Å². The maximum atomic E-state index is 10.7. The number of hydrazone groups is 1. The highest BCUT2D eigenvalue weighted by atomic mass is 16.5. The first-order valence-corrected chi connectivity index (χ1v) is 7.45. The monoisotopic (exact) mass is 327 g/mol. The molecule has 1 N–H and O–H groups in total. The molecule has 6 heteroatoms. The van der Waals surface area contributed by atoms with Crippen molar-refractivity contribution < 1.29 is 19.4 Å². The number of carboxylic acids is 1. The van der Waals surface area contributed by atoms with Crippen molar-refractivity contribution in [3.63, 3.8) is 0 Å². The van der Waals surface area contributed by atoms with E-state index in [9.17, 15) is 9.90 Å². The van der Waals surface area contributed by atoms with Gasteiger partial charge in [0.2, 0.25) is 0 Å². The summed E-state index contributed by atoms with van der Waals surface area (Å²) in [4.78, 5) is 10.7. The van der Waals surface area contributed by atoms with E-state index in [4.69, 9.17) is 9.47 Å². The van der Waals surface area contributed by atoms with E-state index >= 15 is 0 Å². The van der Waals surface area contributed by atoms with E-state index in [1.54, 1.807) is 25.5 Å². The van der Waals surface area contributed by atoms with E-state index in [1.165, 1.54) is 12.1 Å². The van der Waals surface area contributed by atoms with Gasteiger partial charge in [-0.15, -0.1) is 0 Å². The number of rotatable bonds is 7. The standard InChI is InChI=1S/C18H20N2O4/c1-12(2)24-16-9-4-13(10-17(16)23-3)11-19-20-15-7-5-14(6-8-15)18(21)22/h4-12,20H,1-3H3,(H,21,22)/p-1/b19-11-. The summed E-state index contributed by atoms with van der Waals surface area (Å²) in [5.74, 6) is 0.0993. The number of aromatic carboxylic acids is 1. The van der Waals surface area contributed by atoms with E-state index in [-0.39, 0.29) is 11.7 Å². The van der Waals surface area contributed by atoms with E-state index < -0.39 is 5.97 Å². The molecule has 0 aliphatic carbocycles.